The van der Waals surface area contributed by atoms with Crippen LogP contribution >= 0.6 is 57.4 Å². The van der Waals surface area contributed by atoms with Gasteiger partial charge >= 0.3 is 5.97 Å². The van der Waals surface area contributed by atoms with Crippen LogP contribution in [0, 0.1) is 0 Å². The number of rotatable bonds is 3. The van der Waals surface area contributed by atoms with Gasteiger partial charge in [0.05, 0.1) is 0 Å². The molecule has 0 fully saturated rings. The number of hydrogen-bond donors (Lipinski definition) is 0. The van der Waals surface area contributed by atoms with Crippen molar-refractivity contribution in [2.45, 2.75) is 24.1 Å². The Balaban J connectivity index is 0. The monoisotopic (exact) mass is 346 g/mol. The van der Waals surface area contributed by atoms with E-state index in [9.17, 15) is 4.79 Å². The molecular weight excluding hydrogens is 337 g/mol. The van der Waals surface area contributed by atoms with Crippen LogP contribution in [0.15, 0.2) is 0 Å². The summed E-state index contributed by atoms with van der Waals surface area (Å²) in [5.41, 5.74) is 0. The quantitative estimate of drug-likeness (QED) is 0.442. The summed E-state index contributed by atoms with van der Waals surface area (Å²) in [5.74, 6) is -0.0955. The second-order valence-corrected chi connectivity index (χ2v) is 4.23. The lowest BCUT2D eigenvalue weighted by Gasteiger charge is -1.95. The molecule has 0 aromatic carbocycles. The van der Waals surface area contributed by atoms with Gasteiger partial charge in [-0.25, -0.2) is 0 Å². The minimum absolute atomic E-state index is 0.0955. The van der Waals surface area contributed by atoms with Crippen LogP contribution in [0.1, 0.15) is 19.8 Å². The van der Waals surface area contributed by atoms with Gasteiger partial charge in [0.2, 0.25) is 0 Å². The predicted molar refractivity (Wildman–Crippen MR) is 61.2 cm³/mol. The highest BCUT2D eigenvalue weighted by Gasteiger charge is 1.95. The summed E-state index contributed by atoms with van der Waals surface area (Å²) < 4.78 is 4.35. The Morgan fingerprint density at radius 2 is 1.92 bits per heavy atom. The molecule has 0 unspecified atom stereocenters. The standard InChI is InChI=1S/C5H9IO2.CHCl3/c1-2-3-5(7)8-4-6;2-1(3)4/h2-4H2,1H3;1H. The Hall–Kier alpha value is 1.07. The molecule has 0 spiro atoms. The van der Waals surface area contributed by atoms with Crippen molar-refractivity contribution < 1.29 is 9.53 Å². The fourth-order valence-corrected chi connectivity index (χ4v) is 0.684. The average molecular weight is 347 g/mol. The van der Waals surface area contributed by atoms with Crippen molar-refractivity contribution in [1.29, 1.82) is 0 Å². The van der Waals surface area contributed by atoms with Crippen LogP contribution in [0.5, 0.6) is 0 Å². The van der Waals surface area contributed by atoms with Crippen molar-refractivity contribution in [3.63, 3.8) is 0 Å². The molecule has 0 atom stereocenters. The fourth-order valence-electron chi connectivity index (χ4n) is 0.337. The smallest absolute Gasteiger partial charge is 0.306 e. The van der Waals surface area contributed by atoms with Crippen LogP contribution in [0.25, 0.3) is 0 Å². The Labute approximate surface area is 101 Å². The molecule has 0 radical (unpaired) electrons. The Kier molecular flexibility index (Phi) is 15.6. The lowest BCUT2D eigenvalue weighted by molar-refractivity contribution is -0.141. The maximum atomic E-state index is 10.4. The second kappa shape index (κ2) is 12.1. The highest BCUT2D eigenvalue weighted by molar-refractivity contribution is 14.1. The lowest BCUT2D eigenvalue weighted by Crippen LogP contribution is -2.00. The Bertz CT molecular complexity index is 100. The van der Waals surface area contributed by atoms with E-state index in [1.165, 1.54) is 0 Å². The first-order chi connectivity index (χ1) is 5.54. The van der Waals surface area contributed by atoms with Gasteiger partial charge in [0.25, 0.3) is 0 Å². The van der Waals surface area contributed by atoms with Crippen molar-refractivity contribution >= 4 is 63.4 Å². The second-order valence-electron chi connectivity index (χ2n) is 1.62. The molecule has 0 aromatic rings. The van der Waals surface area contributed by atoms with E-state index in [4.69, 9.17) is 34.8 Å². The van der Waals surface area contributed by atoms with E-state index in [0.29, 0.717) is 11.0 Å². The summed E-state index contributed by atoms with van der Waals surface area (Å²) >= 11 is 16.4. The zero-order chi connectivity index (χ0) is 9.98. The van der Waals surface area contributed by atoms with Crippen LogP contribution in [0.2, 0.25) is 0 Å². The van der Waals surface area contributed by atoms with Gasteiger partial charge in [-0.15, -0.1) is 0 Å². The van der Waals surface area contributed by atoms with Gasteiger partial charge in [-0.2, -0.15) is 0 Å². The van der Waals surface area contributed by atoms with Crippen molar-refractivity contribution in [3.05, 3.63) is 0 Å². The van der Waals surface area contributed by atoms with Crippen LogP contribution < -0.4 is 0 Å². The number of halogens is 4. The molecule has 0 N–H and O–H groups in total. The van der Waals surface area contributed by atoms with E-state index >= 15 is 0 Å². The largest absolute Gasteiger partial charge is 0.455 e. The molecule has 2 nitrogen and oxygen atoms in total. The van der Waals surface area contributed by atoms with Gasteiger partial charge in [0, 0.05) is 6.42 Å². The maximum Gasteiger partial charge on any atom is 0.306 e. The molecule has 0 aromatic heterocycles. The molecule has 0 heterocycles. The van der Waals surface area contributed by atoms with Crippen LogP contribution in [-0.4, -0.2) is 14.9 Å². The zero-order valence-electron chi connectivity index (χ0n) is 6.53. The number of carbonyl (C=O) groups excluding carboxylic acids is 1. The third kappa shape index (κ3) is 22.5. The topological polar surface area (TPSA) is 26.3 Å². The number of ether oxygens (including phenoxy) is 1. The van der Waals surface area contributed by atoms with Crippen molar-refractivity contribution in [2.24, 2.45) is 0 Å². The molecule has 0 rings (SSSR count). The van der Waals surface area contributed by atoms with Crippen LogP contribution in [-0.2, 0) is 9.53 Å². The minimum Gasteiger partial charge on any atom is -0.455 e. The van der Waals surface area contributed by atoms with Gasteiger partial charge < -0.3 is 4.74 Å². The third-order valence-corrected chi connectivity index (χ3v) is 0.981. The zero-order valence-corrected chi connectivity index (χ0v) is 11.0. The van der Waals surface area contributed by atoms with Gasteiger partial charge in [-0.1, -0.05) is 41.7 Å². The van der Waals surface area contributed by atoms with E-state index in [0.717, 1.165) is 6.42 Å². The van der Waals surface area contributed by atoms with Gasteiger partial charge in [0.15, 0.2) is 4.30 Å². The molecule has 0 saturated heterocycles. The molecular formula is C6H10Cl3IO2. The minimum atomic E-state index is -0.750. The summed E-state index contributed by atoms with van der Waals surface area (Å²) in [5, 5.41) is 0. The number of carbonyl (C=O) groups is 1. The molecule has 0 saturated carbocycles. The number of esters is 1. The van der Waals surface area contributed by atoms with E-state index in [1.54, 1.807) is 0 Å². The first-order valence-electron chi connectivity index (χ1n) is 3.18. The summed E-state index contributed by atoms with van der Waals surface area (Å²) in [4.78, 5) is 10.4. The van der Waals surface area contributed by atoms with Crippen LogP contribution in [0.4, 0.5) is 0 Å². The van der Waals surface area contributed by atoms with E-state index in [1.807, 2.05) is 29.5 Å². The molecule has 74 valence electrons. The van der Waals surface area contributed by atoms with Crippen molar-refractivity contribution in [3.8, 4) is 0 Å². The molecule has 0 bridgehead atoms. The predicted octanol–water partition coefficient (Wildman–Crippen LogP) is 3.71. The summed E-state index contributed by atoms with van der Waals surface area (Å²) in [6, 6.07) is 0. The Morgan fingerprint density at radius 3 is 2.17 bits per heavy atom. The summed E-state index contributed by atoms with van der Waals surface area (Å²) in [7, 11) is 0. The molecule has 0 aliphatic heterocycles. The normalized spacial score (nSPS) is 8.83. The van der Waals surface area contributed by atoms with Crippen molar-refractivity contribution in [2.75, 3.05) is 4.61 Å². The average Bonchev–Trinajstić information content (AvgIpc) is 1.87. The SMILES string of the molecule is CCCC(=O)OCI.ClC(Cl)Cl. The van der Waals surface area contributed by atoms with Gasteiger partial charge in [0.1, 0.15) is 4.61 Å². The number of hydrogen-bond acceptors (Lipinski definition) is 2. The summed E-state index contributed by atoms with van der Waals surface area (Å²) in [6.07, 6.45) is 1.42. The van der Waals surface area contributed by atoms with E-state index in [-0.39, 0.29) is 5.97 Å². The fraction of sp³-hybridized carbons (Fsp3) is 0.833. The van der Waals surface area contributed by atoms with Crippen LogP contribution in [0.3, 0.4) is 0 Å². The van der Waals surface area contributed by atoms with Gasteiger partial charge in [-0.3, -0.25) is 4.79 Å². The maximum absolute atomic E-state index is 10.4. The Morgan fingerprint density at radius 1 is 1.50 bits per heavy atom. The number of alkyl halides is 4. The highest BCUT2D eigenvalue weighted by Crippen LogP contribution is 2.03. The lowest BCUT2D eigenvalue weighted by atomic mass is 10.3. The molecule has 0 amide bonds. The molecule has 6 heteroatoms. The first kappa shape index (κ1) is 15.5. The first-order valence-corrected chi connectivity index (χ1v) is 6.01. The van der Waals surface area contributed by atoms with E-state index in [2.05, 4.69) is 4.74 Å². The van der Waals surface area contributed by atoms with Crippen molar-refractivity contribution in [1.82, 2.24) is 0 Å². The van der Waals surface area contributed by atoms with E-state index < -0.39 is 4.30 Å². The summed E-state index contributed by atoms with van der Waals surface area (Å²) in [6.45, 7) is 1.95. The molecule has 0 aliphatic rings. The third-order valence-electron chi connectivity index (χ3n) is 0.670. The highest BCUT2D eigenvalue weighted by atomic mass is 127. The van der Waals surface area contributed by atoms with Gasteiger partial charge in [-0.05, 0) is 29.0 Å². The molecule has 12 heavy (non-hydrogen) atoms. The molecule has 0 aliphatic carbocycles.